The van der Waals surface area contributed by atoms with Crippen LogP contribution in [-0.4, -0.2) is 30.7 Å². The second-order valence-corrected chi connectivity index (χ2v) is 9.00. The van der Waals surface area contributed by atoms with Crippen molar-refractivity contribution in [3.05, 3.63) is 76.9 Å². The van der Waals surface area contributed by atoms with Gasteiger partial charge in [-0.1, -0.05) is 6.07 Å². The van der Waals surface area contributed by atoms with E-state index in [9.17, 15) is 17.6 Å². The summed E-state index contributed by atoms with van der Waals surface area (Å²) in [5, 5.41) is 7.19. The molecular formula is C22H25FN4O3S. The zero-order valence-electron chi connectivity index (χ0n) is 17.6. The fourth-order valence-corrected chi connectivity index (χ4v) is 4.52. The molecule has 0 bridgehead atoms. The van der Waals surface area contributed by atoms with Crippen LogP contribution in [0.3, 0.4) is 0 Å². The largest absolute Gasteiger partial charge is 0.352 e. The van der Waals surface area contributed by atoms with Crippen molar-refractivity contribution in [2.45, 2.75) is 38.6 Å². The first-order valence-electron chi connectivity index (χ1n) is 9.84. The van der Waals surface area contributed by atoms with Crippen LogP contribution in [0.1, 0.15) is 33.7 Å². The number of halogens is 1. The molecule has 2 N–H and O–H groups in total. The van der Waals surface area contributed by atoms with Crippen LogP contribution in [-0.2, 0) is 16.6 Å². The minimum Gasteiger partial charge on any atom is -0.352 e. The average Bonchev–Trinajstić information content (AvgIpc) is 3.04. The number of aryl methyl sites for hydroxylation is 4. The fraction of sp³-hybridized carbons (Fsp3) is 0.273. The molecule has 0 radical (unpaired) electrons. The van der Waals surface area contributed by atoms with Gasteiger partial charge in [-0.05, 0) is 75.2 Å². The molecule has 2 aromatic carbocycles. The standard InChI is InChI=1S/C22H25FN4O3S/c1-15-5-6-18(22(28)24-11-4-12-27-17(3)13-16(2)25-27)14-21(15)31(29,30)26-20-9-7-19(23)8-10-20/h5-10,13-14,26H,4,11-12H2,1-3H3,(H,24,28). The van der Waals surface area contributed by atoms with E-state index >= 15 is 0 Å². The molecule has 0 atom stereocenters. The number of sulfonamides is 1. The van der Waals surface area contributed by atoms with Crippen LogP contribution < -0.4 is 10.0 Å². The molecule has 0 saturated carbocycles. The van der Waals surface area contributed by atoms with Crippen molar-refractivity contribution in [3.63, 3.8) is 0 Å². The van der Waals surface area contributed by atoms with E-state index < -0.39 is 15.8 Å². The molecule has 0 fully saturated rings. The topological polar surface area (TPSA) is 93.1 Å². The number of hydrogen-bond acceptors (Lipinski definition) is 4. The molecule has 31 heavy (non-hydrogen) atoms. The Morgan fingerprint density at radius 2 is 1.77 bits per heavy atom. The maximum Gasteiger partial charge on any atom is 0.262 e. The first-order chi connectivity index (χ1) is 14.7. The molecule has 164 valence electrons. The van der Waals surface area contributed by atoms with Gasteiger partial charge in [0.05, 0.1) is 10.6 Å². The summed E-state index contributed by atoms with van der Waals surface area (Å²) in [6.45, 7) is 6.66. The van der Waals surface area contributed by atoms with Gasteiger partial charge in [-0.2, -0.15) is 5.10 Å². The number of benzene rings is 2. The average molecular weight is 445 g/mol. The van der Waals surface area contributed by atoms with Crippen molar-refractivity contribution >= 4 is 21.6 Å². The summed E-state index contributed by atoms with van der Waals surface area (Å²) in [5.74, 6) is -0.817. The monoisotopic (exact) mass is 444 g/mol. The number of carbonyl (C=O) groups is 1. The lowest BCUT2D eigenvalue weighted by Crippen LogP contribution is -2.26. The normalized spacial score (nSPS) is 11.4. The van der Waals surface area contributed by atoms with Crippen LogP contribution in [0, 0.1) is 26.6 Å². The SMILES string of the molecule is Cc1cc(C)n(CCCNC(=O)c2ccc(C)c(S(=O)(=O)Nc3ccc(F)cc3)c2)n1. The van der Waals surface area contributed by atoms with E-state index in [1.807, 2.05) is 24.6 Å². The summed E-state index contributed by atoms with van der Waals surface area (Å²) >= 11 is 0. The summed E-state index contributed by atoms with van der Waals surface area (Å²) in [6.07, 6.45) is 0.691. The Morgan fingerprint density at radius 3 is 2.42 bits per heavy atom. The third-order valence-corrected chi connectivity index (χ3v) is 6.30. The number of anilines is 1. The third kappa shape index (κ3) is 5.69. The van der Waals surface area contributed by atoms with Gasteiger partial charge in [0.2, 0.25) is 0 Å². The summed E-state index contributed by atoms with van der Waals surface area (Å²) in [5.41, 5.74) is 2.99. The van der Waals surface area contributed by atoms with Crippen LogP contribution in [0.4, 0.5) is 10.1 Å². The molecule has 1 heterocycles. The molecule has 7 nitrogen and oxygen atoms in total. The molecular weight excluding hydrogens is 419 g/mol. The maximum absolute atomic E-state index is 13.1. The van der Waals surface area contributed by atoms with Gasteiger partial charge in [0.15, 0.2) is 0 Å². The number of amides is 1. The molecule has 0 unspecified atom stereocenters. The van der Waals surface area contributed by atoms with Crippen molar-refractivity contribution in [2.24, 2.45) is 0 Å². The van der Waals surface area contributed by atoms with E-state index in [0.717, 1.165) is 11.4 Å². The van der Waals surface area contributed by atoms with Gasteiger partial charge in [-0.15, -0.1) is 0 Å². The smallest absolute Gasteiger partial charge is 0.262 e. The van der Waals surface area contributed by atoms with Crippen molar-refractivity contribution in [1.82, 2.24) is 15.1 Å². The highest BCUT2D eigenvalue weighted by molar-refractivity contribution is 7.92. The van der Waals surface area contributed by atoms with E-state index in [0.29, 0.717) is 25.1 Å². The summed E-state index contributed by atoms with van der Waals surface area (Å²) in [7, 11) is -3.94. The first-order valence-corrected chi connectivity index (χ1v) is 11.3. The van der Waals surface area contributed by atoms with Crippen molar-refractivity contribution in [3.8, 4) is 0 Å². The molecule has 3 rings (SSSR count). The molecule has 0 aliphatic rings. The summed E-state index contributed by atoms with van der Waals surface area (Å²) < 4.78 is 42.9. The summed E-state index contributed by atoms with van der Waals surface area (Å²) in [6, 6.07) is 11.5. The Bertz CT molecular complexity index is 1190. The van der Waals surface area contributed by atoms with Crippen LogP contribution in [0.2, 0.25) is 0 Å². The second-order valence-electron chi connectivity index (χ2n) is 7.35. The first kappa shape index (κ1) is 22.5. The minimum absolute atomic E-state index is 0.00730. The Morgan fingerprint density at radius 1 is 1.06 bits per heavy atom. The number of aromatic nitrogens is 2. The lowest BCUT2D eigenvalue weighted by atomic mass is 10.1. The van der Waals surface area contributed by atoms with E-state index in [-0.39, 0.29) is 22.1 Å². The van der Waals surface area contributed by atoms with Gasteiger partial charge in [0.1, 0.15) is 5.82 Å². The molecule has 0 aliphatic carbocycles. The van der Waals surface area contributed by atoms with Crippen LogP contribution in [0.5, 0.6) is 0 Å². The molecule has 3 aromatic rings. The van der Waals surface area contributed by atoms with E-state index in [2.05, 4.69) is 15.1 Å². The fourth-order valence-electron chi connectivity index (χ4n) is 3.19. The zero-order chi connectivity index (χ0) is 22.6. The number of hydrogen-bond donors (Lipinski definition) is 2. The number of rotatable bonds is 8. The maximum atomic E-state index is 13.1. The summed E-state index contributed by atoms with van der Waals surface area (Å²) in [4.78, 5) is 12.5. The Kier molecular flexibility index (Phi) is 6.74. The molecule has 0 aliphatic heterocycles. The Balaban J connectivity index is 1.65. The van der Waals surface area contributed by atoms with Crippen molar-refractivity contribution in [1.29, 1.82) is 0 Å². The second kappa shape index (κ2) is 9.30. The Labute approximate surface area is 181 Å². The van der Waals surface area contributed by atoms with Gasteiger partial charge < -0.3 is 5.32 Å². The zero-order valence-corrected chi connectivity index (χ0v) is 18.5. The van der Waals surface area contributed by atoms with Crippen molar-refractivity contribution < 1.29 is 17.6 Å². The molecule has 1 amide bonds. The predicted molar refractivity (Wildman–Crippen MR) is 117 cm³/mol. The molecule has 0 saturated heterocycles. The van der Waals surface area contributed by atoms with E-state index in [1.54, 1.807) is 19.1 Å². The van der Waals surface area contributed by atoms with Gasteiger partial charge in [-0.25, -0.2) is 12.8 Å². The number of carbonyl (C=O) groups excluding carboxylic acids is 1. The predicted octanol–water partition coefficient (Wildman–Crippen LogP) is 3.57. The highest BCUT2D eigenvalue weighted by Gasteiger charge is 2.19. The number of nitrogens with one attached hydrogen (secondary N) is 2. The van der Waals surface area contributed by atoms with Crippen LogP contribution >= 0.6 is 0 Å². The third-order valence-electron chi connectivity index (χ3n) is 4.77. The highest BCUT2D eigenvalue weighted by atomic mass is 32.2. The molecule has 1 aromatic heterocycles. The quantitative estimate of drug-likeness (QED) is 0.520. The Hall–Kier alpha value is -3.20. The van der Waals surface area contributed by atoms with Gasteiger partial charge in [0, 0.05) is 30.0 Å². The van der Waals surface area contributed by atoms with Crippen LogP contribution in [0.25, 0.3) is 0 Å². The lowest BCUT2D eigenvalue weighted by molar-refractivity contribution is 0.0952. The van der Waals surface area contributed by atoms with Gasteiger partial charge >= 0.3 is 0 Å². The molecule has 0 spiro atoms. The van der Waals surface area contributed by atoms with E-state index in [4.69, 9.17) is 0 Å². The van der Waals surface area contributed by atoms with Crippen LogP contribution in [0.15, 0.2) is 53.4 Å². The van der Waals surface area contributed by atoms with Crippen molar-refractivity contribution in [2.75, 3.05) is 11.3 Å². The van der Waals surface area contributed by atoms with E-state index in [1.165, 1.54) is 30.3 Å². The van der Waals surface area contributed by atoms with Gasteiger partial charge in [0.25, 0.3) is 15.9 Å². The lowest BCUT2D eigenvalue weighted by Gasteiger charge is -2.12. The highest BCUT2D eigenvalue weighted by Crippen LogP contribution is 2.21. The number of nitrogens with zero attached hydrogens (tertiary/aromatic N) is 2. The molecule has 9 heteroatoms. The van der Waals surface area contributed by atoms with Gasteiger partial charge in [-0.3, -0.25) is 14.2 Å². The minimum atomic E-state index is -3.94.